The Morgan fingerprint density at radius 2 is 1.37 bits per heavy atom. The van der Waals surface area contributed by atoms with Crippen molar-refractivity contribution in [3.63, 3.8) is 0 Å². The Balaban J connectivity index is 1.76. The van der Waals surface area contributed by atoms with E-state index in [0.29, 0.717) is 11.6 Å². The summed E-state index contributed by atoms with van der Waals surface area (Å²) in [6.45, 7) is 0. The smallest absolute Gasteiger partial charge is 0.220 e. The van der Waals surface area contributed by atoms with Gasteiger partial charge in [0.2, 0.25) is 5.96 Å². The van der Waals surface area contributed by atoms with Crippen molar-refractivity contribution < 1.29 is 8.42 Å². The van der Waals surface area contributed by atoms with Crippen molar-refractivity contribution in [2.75, 3.05) is 17.0 Å². The molecule has 0 aliphatic carbocycles. The van der Waals surface area contributed by atoms with E-state index < -0.39 is 9.84 Å². The molecule has 3 aromatic carbocycles. The molecule has 0 aromatic heterocycles. The molecule has 0 radical (unpaired) electrons. The van der Waals surface area contributed by atoms with Crippen molar-refractivity contribution in [2.45, 2.75) is 4.90 Å². The summed E-state index contributed by atoms with van der Waals surface area (Å²) in [6, 6.07) is 25.7. The van der Waals surface area contributed by atoms with Gasteiger partial charge in [0.1, 0.15) is 0 Å². The van der Waals surface area contributed by atoms with Gasteiger partial charge >= 0.3 is 0 Å². The maximum atomic E-state index is 11.6. The third-order valence-corrected chi connectivity index (χ3v) is 4.77. The van der Waals surface area contributed by atoms with Gasteiger partial charge in [0.05, 0.1) is 16.3 Å². The van der Waals surface area contributed by atoms with E-state index in [2.05, 4.69) is 21.2 Å². The van der Waals surface area contributed by atoms with Gasteiger partial charge in [-0.15, -0.1) is 0 Å². The molecule has 0 spiro atoms. The van der Waals surface area contributed by atoms with E-state index in [1.54, 1.807) is 24.3 Å². The second-order valence-electron chi connectivity index (χ2n) is 5.83. The lowest BCUT2D eigenvalue weighted by atomic mass is 10.3. The van der Waals surface area contributed by atoms with Gasteiger partial charge in [-0.1, -0.05) is 36.4 Å². The Labute approximate surface area is 158 Å². The van der Waals surface area contributed by atoms with Crippen LogP contribution in [0, 0.1) is 0 Å². The van der Waals surface area contributed by atoms with Gasteiger partial charge in [-0.25, -0.2) is 13.4 Å². The summed E-state index contributed by atoms with van der Waals surface area (Å²) in [7, 11) is -3.22. The second-order valence-corrected chi connectivity index (χ2v) is 7.85. The van der Waals surface area contributed by atoms with Gasteiger partial charge in [0, 0.05) is 11.9 Å². The molecule has 6 nitrogen and oxygen atoms in total. The number of para-hydroxylation sites is 2. The first kappa shape index (κ1) is 18.5. The van der Waals surface area contributed by atoms with E-state index in [4.69, 9.17) is 0 Å². The van der Waals surface area contributed by atoms with Crippen molar-refractivity contribution in [1.82, 2.24) is 5.43 Å². The van der Waals surface area contributed by atoms with Crippen molar-refractivity contribution in [1.29, 1.82) is 0 Å². The lowest BCUT2D eigenvalue weighted by Crippen LogP contribution is -2.35. The van der Waals surface area contributed by atoms with E-state index in [0.717, 1.165) is 11.4 Å². The minimum atomic E-state index is -3.22. The number of hydrogen-bond acceptors (Lipinski definition) is 4. The number of nitrogens with one attached hydrogen (secondary N) is 3. The van der Waals surface area contributed by atoms with Crippen LogP contribution in [0.25, 0.3) is 0 Å². The first-order valence-electron chi connectivity index (χ1n) is 8.29. The second kappa shape index (κ2) is 8.37. The fraction of sp³-hybridized carbons (Fsp3) is 0.0500. The fourth-order valence-electron chi connectivity index (χ4n) is 2.29. The molecule has 0 unspecified atom stereocenters. The fourth-order valence-corrected chi connectivity index (χ4v) is 2.92. The van der Waals surface area contributed by atoms with E-state index in [-0.39, 0.29) is 4.90 Å². The molecule has 138 valence electrons. The maximum absolute atomic E-state index is 11.6. The van der Waals surface area contributed by atoms with Crippen LogP contribution in [0.2, 0.25) is 0 Å². The summed E-state index contributed by atoms with van der Waals surface area (Å²) in [5.74, 6) is 0.500. The number of hydrogen-bond donors (Lipinski definition) is 3. The van der Waals surface area contributed by atoms with Crippen LogP contribution in [0.4, 0.5) is 17.1 Å². The van der Waals surface area contributed by atoms with Crippen LogP contribution in [0.15, 0.2) is 94.8 Å². The maximum Gasteiger partial charge on any atom is 0.220 e. The Morgan fingerprint density at radius 3 is 1.96 bits per heavy atom. The van der Waals surface area contributed by atoms with Crippen LogP contribution < -0.4 is 16.2 Å². The predicted molar refractivity (Wildman–Crippen MR) is 110 cm³/mol. The zero-order valence-electron chi connectivity index (χ0n) is 14.8. The zero-order chi connectivity index (χ0) is 19.1. The van der Waals surface area contributed by atoms with Gasteiger partial charge in [-0.05, 0) is 48.5 Å². The van der Waals surface area contributed by atoms with Crippen LogP contribution in [-0.4, -0.2) is 20.6 Å². The third kappa shape index (κ3) is 5.58. The molecule has 3 aromatic rings. The van der Waals surface area contributed by atoms with Crippen LogP contribution in [0.1, 0.15) is 0 Å². The molecule has 3 N–H and O–H groups in total. The van der Waals surface area contributed by atoms with Crippen LogP contribution in [-0.2, 0) is 9.84 Å². The highest BCUT2D eigenvalue weighted by molar-refractivity contribution is 7.90. The SMILES string of the molecule is CS(=O)(=O)c1ccc(NNC(=Nc2ccccc2)Nc2ccccc2)cc1. The van der Waals surface area contributed by atoms with Crippen LogP contribution in [0.3, 0.4) is 0 Å². The van der Waals surface area contributed by atoms with E-state index in [1.807, 2.05) is 60.7 Å². The molecular weight excluding hydrogens is 360 g/mol. The standard InChI is InChI=1S/C20H20N4O2S/c1-27(25,26)19-14-12-18(13-15-19)23-24-20(21-16-8-4-2-5-9-16)22-17-10-6-3-7-11-17/h2-15,23H,1H3,(H2,21,22,24). The minimum absolute atomic E-state index is 0.272. The molecule has 0 atom stereocenters. The number of hydrazine groups is 1. The molecule has 0 fully saturated rings. The summed E-state index contributed by atoms with van der Waals surface area (Å²) >= 11 is 0. The van der Waals surface area contributed by atoms with Crippen molar-refractivity contribution in [2.24, 2.45) is 4.99 Å². The molecule has 0 aliphatic rings. The lowest BCUT2D eigenvalue weighted by molar-refractivity contribution is 0.602. The lowest BCUT2D eigenvalue weighted by Gasteiger charge is -2.14. The highest BCUT2D eigenvalue weighted by atomic mass is 32.2. The summed E-state index contributed by atoms with van der Waals surface area (Å²) < 4.78 is 23.1. The Hall–Kier alpha value is -3.32. The van der Waals surface area contributed by atoms with Crippen LogP contribution >= 0.6 is 0 Å². The molecule has 0 bridgehead atoms. The highest BCUT2D eigenvalue weighted by Crippen LogP contribution is 2.14. The number of benzene rings is 3. The molecular formula is C20H20N4O2S. The van der Waals surface area contributed by atoms with Gasteiger partial charge in [0.15, 0.2) is 9.84 Å². The molecule has 7 heteroatoms. The Bertz CT molecular complexity index is 1000. The minimum Gasteiger partial charge on any atom is -0.325 e. The number of guanidine groups is 1. The molecule has 0 heterocycles. The van der Waals surface area contributed by atoms with E-state index >= 15 is 0 Å². The molecule has 0 aliphatic heterocycles. The molecule has 27 heavy (non-hydrogen) atoms. The third-order valence-electron chi connectivity index (χ3n) is 3.64. The average Bonchev–Trinajstić information content (AvgIpc) is 2.67. The summed E-state index contributed by atoms with van der Waals surface area (Å²) in [5, 5.41) is 3.21. The van der Waals surface area contributed by atoms with Gasteiger partial charge in [0.25, 0.3) is 0 Å². The monoisotopic (exact) mass is 380 g/mol. The quantitative estimate of drug-likeness (QED) is 0.356. The molecule has 0 saturated heterocycles. The van der Waals surface area contributed by atoms with Gasteiger partial charge in [-0.3, -0.25) is 10.9 Å². The number of nitrogens with zero attached hydrogens (tertiary/aromatic N) is 1. The van der Waals surface area contributed by atoms with E-state index in [9.17, 15) is 8.42 Å². The topological polar surface area (TPSA) is 82.6 Å². The average molecular weight is 380 g/mol. The largest absolute Gasteiger partial charge is 0.325 e. The van der Waals surface area contributed by atoms with Crippen molar-refractivity contribution in [3.05, 3.63) is 84.9 Å². The highest BCUT2D eigenvalue weighted by Gasteiger charge is 2.06. The van der Waals surface area contributed by atoms with Gasteiger partial charge in [-0.2, -0.15) is 0 Å². The number of anilines is 2. The summed E-state index contributed by atoms with van der Waals surface area (Å²) in [4.78, 5) is 4.83. The normalized spacial score (nSPS) is 11.7. The number of sulfone groups is 1. The first-order chi connectivity index (χ1) is 13.0. The Kier molecular flexibility index (Phi) is 5.73. The molecule has 0 amide bonds. The first-order valence-corrected chi connectivity index (χ1v) is 10.2. The molecule has 0 saturated carbocycles. The number of aliphatic imine (C=N–C) groups is 1. The predicted octanol–water partition coefficient (Wildman–Crippen LogP) is 3.81. The number of rotatable bonds is 5. The molecule has 3 rings (SSSR count). The van der Waals surface area contributed by atoms with Gasteiger partial charge < -0.3 is 5.32 Å². The summed E-state index contributed by atoms with van der Waals surface area (Å²) in [6.07, 6.45) is 1.18. The zero-order valence-corrected chi connectivity index (χ0v) is 15.6. The van der Waals surface area contributed by atoms with Crippen molar-refractivity contribution in [3.8, 4) is 0 Å². The Morgan fingerprint density at radius 1 is 0.778 bits per heavy atom. The van der Waals surface area contributed by atoms with Crippen LogP contribution in [0.5, 0.6) is 0 Å². The summed E-state index contributed by atoms with van der Waals surface area (Å²) in [5.41, 5.74) is 8.44. The van der Waals surface area contributed by atoms with E-state index in [1.165, 1.54) is 6.26 Å². The van der Waals surface area contributed by atoms with Crippen molar-refractivity contribution >= 4 is 32.9 Å².